The Labute approximate surface area is 60.2 Å². The number of hydrogen-bond donors (Lipinski definition) is 3. The topological polar surface area (TPSA) is 67.1 Å². The monoisotopic (exact) mass is 143 g/mol. The average Bonchev–Trinajstić information content (AvgIpc) is 1.88. The minimum absolute atomic E-state index is 0.184. The molecule has 4 heteroatoms. The van der Waals surface area contributed by atoms with Gasteiger partial charge in [-0.05, 0) is 6.92 Å². The van der Waals surface area contributed by atoms with E-state index in [1.54, 1.807) is 0 Å². The minimum Gasteiger partial charge on any atom is -0.368 e. The molecule has 0 aromatic rings. The fraction of sp³-hybridized carbons (Fsp3) is 0.833. The molecule has 0 aliphatic carbocycles. The van der Waals surface area contributed by atoms with E-state index in [0.29, 0.717) is 12.6 Å². The van der Waals surface area contributed by atoms with E-state index in [1.165, 1.54) is 0 Å². The van der Waals surface area contributed by atoms with Crippen LogP contribution in [0.5, 0.6) is 0 Å². The molecule has 0 radical (unpaired) electrons. The molecule has 2 atom stereocenters. The van der Waals surface area contributed by atoms with Gasteiger partial charge in [0, 0.05) is 19.1 Å². The molecular formula is C6H13N3O. The first-order valence-electron chi connectivity index (χ1n) is 3.46. The van der Waals surface area contributed by atoms with Crippen LogP contribution in [0.3, 0.4) is 0 Å². The lowest BCUT2D eigenvalue weighted by Crippen LogP contribution is -2.57. The molecule has 10 heavy (non-hydrogen) atoms. The summed E-state index contributed by atoms with van der Waals surface area (Å²) in [5, 5.41) is 6.18. The number of nitrogens with one attached hydrogen (secondary N) is 2. The second-order valence-electron chi connectivity index (χ2n) is 2.67. The summed E-state index contributed by atoms with van der Waals surface area (Å²) in [5.41, 5.74) is 5.07. The third kappa shape index (κ3) is 1.68. The highest BCUT2D eigenvalue weighted by Crippen LogP contribution is 1.90. The zero-order valence-corrected chi connectivity index (χ0v) is 6.05. The first kappa shape index (κ1) is 7.50. The van der Waals surface area contributed by atoms with E-state index in [9.17, 15) is 4.79 Å². The third-order valence-corrected chi connectivity index (χ3v) is 1.68. The van der Waals surface area contributed by atoms with Crippen molar-refractivity contribution in [3.8, 4) is 0 Å². The molecule has 1 saturated heterocycles. The van der Waals surface area contributed by atoms with Gasteiger partial charge >= 0.3 is 0 Å². The molecule has 1 heterocycles. The number of carbonyl (C=O) groups is 1. The molecule has 0 spiro atoms. The van der Waals surface area contributed by atoms with E-state index in [-0.39, 0.29) is 11.9 Å². The Morgan fingerprint density at radius 1 is 1.50 bits per heavy atom. The highest BCUT2D eigenvalue weighted by atomic mass is 16.1. The molecule has 0 saturated carbocycles. The molecule has 0 aromatic heterocycles. The van der Waals surface area contributed by atoms with Gasteiger partial charge in [0.2, 0.25) is 5.91 Å². The van der Waals surface area contributed by atoms with E-state index in [2.05, 4.69) is 17.6 Å². The van der Waals surface area contributed by atoms with Gasteiger partial charge in [-0.3, -0.25) is 4.79 Å². The van der Waals surface area contributed by atoms with Crippen LogP contribution >= 0.6 is 0 Å². The van der Waals surface area contributed by atoms with Gasteiger partial charge in [-0.25, -0.2) is 0 Å². The number of hydrogen-bond acceptors (Lipinski definition) is 3. The van der Waals surface area contributed by atoms with Gasteiger partial charge in [0.25, 0.3) is 0 Å². The lowest BCUT2D eigenvalue weighted by molar-refractivity contribution is -0.120. The predicted molar refractivity (Wildman–Crippen MR) is 38.4 cm³/mol. The minimum atomic E-state index is -0.278. The fourth-order valence-electron chi connectivity index (χ4n) is 0.984. The van der Waals surface area contributed by atoms with E-state index >= 15 is 0 Å². The second-order valence-corrected chi connectivity index (χ2v) is 2.67. The number of nitrogens with two attached hydrogens (primary N) is 1. The van der Waals surface area contributed by atoms with Gasteiger partial charge in [0.05, 0.1) is 6.04 Å². The van der Waals surface area contributed by atoms with Gasteiger partial charge in [-0.1, -0.05) is 0 Å². The van der Waals surface area contributed by atoms with E-state index in [4.69, 9.17) is 5.73 Å². The summed E-state index contributed by atoms with van der Waals surface area (Å²) in [4.78, 5) is 10.6. The van der Waals surface area contributed by atoms with Crippen molar-refractivity contribution in [1.82, 2.24) is 10.6 Å². The zero-order valence-electron chi connectivity index (χ0n) is 6.05. The molecule has 58 valence electrons. The van der Waals surface area contributed by atoms with Crippen LogP contribution in [0.4, 0.5) is 0 Å². The van der Waals surface area contributed by atoms with Gasteiger partial charge in [-0.2, -0.15) is 0 Å². The Balaban J connectivity index is 2.33. The fourth-order valence-corrected chi connectivity index (χ4v) is 0.984. The first-order valence-corrected chi connectivity index (χ1v) is 3.46. The summed E-state index contributed by atoms with van der Waals surface area (Å²) in [7, 11) is 0. The number of primary amides is 1. The highest BCUT2D eigenvalue weighted by molar-refractivity contribution is 5.80. The van der Waals surface area contributed by atoms with Gasteiger partial charge in [0.1, 0.15) is 0 Å². The molecule has 0 bridgehead atoms. The predicted octanol–water partition coefficient (Wildman–Crippen LogP) is -1.58. The van der Waals surface area contributed by atoms with Crippen molar-refractivity contribution < 1.29 is 4.79 Å². The maximum absolute atomic E-state index is 10.6. The van der Waals surface area contributed by atoms with E-state index in [0.717, 1.165) is 6.54 Å². The molecule has 1 amide bonds. The lowest BCUT2D eigenvalue weighted by Gasteiger charge is -2.26. The number of rotatable bonds is 1. The van der Waals surface area contributed by atoms with Crippen LogP contribution in [0, 0.1) is 0 Å². The second kappa shape index (κ2) is 2.98. The van der Waals surface area contributed by atoms with Gasteiger partial charge in [-0.15, -0.1) is 0 Å². The van der Waals surface area contributed by atoms with Crippen LogP contribution in [0.2, 0.25) is 0 Å². The number of amides is 1. The molecule has 2 unspecified atom stereocenters. The summed E-state index contributed by atoms with van der Waals surface area (Å²) < 4.78 is 0. The maximum atomic E-state index is 10.6. The van der Waals surface area contributed by atoms with Crippen molar-refractivity contribution >= 4 is 5.91 Å². The standard InChI is InChI=1S/C6H13N3O/c1-4-2-9-5(3-8-4)6(7)10/h4-5,8-9H,2-3H2,1H3,(H2,7,10). The van der Waals surface area contributed by atoms with Crippen LogP contribution in [0.1, 0.15) is 6.92 Å². The largest absolute Gasteiger partial charge is 0.368 e. The van der Waals surface area contributed by atoms with Crippen LogP contribution < -0.4 is 16.4 Å². The summed E-state index contributed by atoms with van der Waals surface area (Å²) in [6.45, 7) is 3.52. The Bertz CT molecular complexity index is 129. The zero-order chi connectivity index (χ0) is 7.56. The molecule has 1 aliphatic rings. The Morgan fingerprint density at radius 2 is 2.20 bits per heavy atom. The van der Waals surface area contributed by atoms with Crippen molar-refractivity contribution in [3.63, 3.8) is 0 Å². The normalized spacial score (nSPS) is 33.7. The summed E-state index contributed by atoms with van der Waals surface area (Å²) in [6.07, 6.45) is 0. The molecule has 4 N–H and O–H groups in total. The van der Waals surface area contributed by atoms with Crippen molar-refractivity contribution in [2.45, 2.75) is 19.0 Å². The SMILES string of the molecule is CC1CNC(C(N)=O)CN1. The van der Waals surface area contributed by atoms with Crippen LogP contribution in [0.25, 0.3) is 0 Å². The average molecular weight is 143 g/mol. The van der Waals surface area contributed by atoms with Crippen molar-refractivity contribution in [2.24, 2.45) is 5.73 Å². The summed E-state index contributed by atoms with van der Waals surface area (Å²) in [6, 6.07) is 0.256. The molecular weight excluding hydrogens is 130 g/mol. The van der Waals surface area contributed by atoms with Crippen molar-refractivity contribution in [3.05, 3.63) is 0 Å². The van der Waals surface area contributed by atoms with E-state index < -0.39 is 0 Å². The van der Waals surface area contributed by atoms with Gasteiger partial charge < -0.3 is 16.4 Å². The van der Waals surface area contributed by atoms with Crippen LogP contribution in [-0.4, -0.2) is 31.1 Å². The van der Waals surface area contributed by atoms with Crippen LogP contribution in [0.15, 0.2) is 0 Å². The first-order chi connectivity index (χ1) is 4.70. The smallest absolute Gasteiger partial charge is 0.235 e. The Hall–Kier alpha value is -0.610. The van der Waals surface area contributed by atoms with Gasteiger partial charge in [0.15, 0.2) is 0 Å². The maximum Gasteiger partial charge on any atom is 0.235 e. The number of piperazine rings is 1. The lowest BCUT2D eigenvalue weighted by atomic mass is 10.2. The Morgan fingerprint density at radius 3 is 2.60 bits per heavy atom. The molecule has 1 aliphatic heterocycles. The number of carbonyl (C=O) groups excluding carboxylic acids is 1. The third-order valence-electron chi connectivity index (χ3n) is 1.68. The van der Waals surface area contributed by atoms with E-state index in [1.807, 2.05) is 0 Å². The molecule has 1 fully saturated rings. The van der Waals surface area contributed by atoms with Crippen molar-refractivity contribution in [2.75, 3.05) is 13.1 Å². The quantitative estimate of drug-likeness (QED) is 0.415. The molecule has 1 rings (SSSR count). The molecule has 0 aromatic carbocycles. The summed E-state index contributed by atoms with van der Waals surface area (Å²) in [5.74, 6) is -0.278. The van der Waals surface area contributed by atoms with Crippen molar-refractivity contribution in [1.29, 1.82) is 0 Å². The summed E-state index contributed by atoms with van der Waals surface area (Å²) >= 11 is 0. The highest BCUT2D eigenvalue weighted by Gasteiger charge is 2.20. The molecule has 4 nitrogen and oxygen atoms in total. The van der Waals surface area contributed by atoms with Crippen LogP contribution in [-0.2, 0) is 4.79 Å². The Kier molecular flexibility index (Phi) is 2.24.